The molecule has 1 aliphatic heterocycles. The lowest BCUT2D eigenvalue weighted by atomic mass is 10.2. The Balaban J connectivity index is 1.52. The van der Waals surface area contributed by atoms with Crippen LogP contribution in [0.15, 0.2) is 23.7 Å². The van der Waals surface area contributed by atoms with Crippen molar-refractivity contribution in [1.29, 1.82) is 0 Å². The van der Waals surface area contributed by atoms with Crippen LogP contribution in [0.4, 0.5) is 5.82 Å². The SMILES string of the molecule is CCc1csc(CNC(=O)c2ccc(NC3CCNC3)nc2)n1. The minimum Gasteiger partial charge on any atom is -0.366 e. The molecule has 1 amide bonds. The summed E-state index contributed by atoms with van der Waals surface area (Å²) in [6.07, 6.45) is 3.62. The van der Waals surface area contributed by atoms with Crippen LogP contribution in [-0.4, -0.2) is 35.0 Å². The molecule has 0 bridgehead atoms. The Kier molecular flexibility index (Phi) is 5.19. The average molecular weight is 331 g/mol. The lowest BCUT2D eigenvalue weighted by Gasteiger charge is -2.12. The number of aromatic nitrogens is 2. The quantitative estimate of drug-likeness (QED) is 0.752. The van der Waals surface area contributed by atoms with Crippen molar-refractivity contribution in [2.45, 2.75) is 32.4 Å². The number of carbonyl (C=O) groups excluding carboxylic acids is 1. The van der Waals surface area contributed by atoms with Crippen molar-refractivity contribution >= 4 is 23.1 Å². The Morgan fingerprint density at radius 2 is 2.39 bits per heavy atom. The Bertz CT molecular complexity index is 649. The summed E-state index contributed by atoms with van der Waals surface area (Å²) in [7, 11) is 0. The lowest BCUT2D eigenvalue weighted by molar-refractivity contribution is 0.0950. The molecular formula is C16H21N5OS. The van der Waals surface area contributed by atoms with Crippen molar-refractivity contribution < 1.29 is 4.79 Å². The monoisotopic (exact) mass is 331 g/mol. The fourth-order valence-corrected chi connectivity index (χ4v) is 3.27. The van der Waals surface area contributed by atoms with E-state index in [2.05, 4.69) is 32.8 Å². The number of rotatable bonds is 6. The summed E-state index contributed by atoms with van der Waals surface area (Å²) in [4.78, 5) is 20.9. The van der Waals surface area contributed by atoms with Crippen molar-refractivity contribution in [1.82, 2.24) is 20.6 Å². The third-order valence-electron chi connectivity index (χ3n) is 3.80. The van der Waals surface area contributed by atoms with Gasteiger partial charge in [-0.3, -0.25) is 4.79 Å². The van der Waals surface area contributed by atoms with Crippen molar-refractivity contribution in [2.24, 2.45) is 0 Å². The first-order valence-corrected chi connectivity index (χ1v) is 8.77. The first kappa shape index (κ1) is 15.9. The van der Waals surface area contributed by atoms with E-state index in [0.29, 0.717) is 18.2 Å². The maximum atomic E-state index is 12.1. The Hall–Kier alpha value is -1.99. The van der Waals surface area contributed by atoms with Gasteiger partial charge in [0, 0.05) is 24.2 Å². The predicted molar refractivity (Wildman–Crippen MR) is 91.8 cm³/mol. The second-order valence-corrected chi connectivity index (χ2v) is 6.48. The van der Waals surface area contributed by atoms with Gasteiger partial charge in [0.15, 0.2) is 0 Å². The third kappa shape index (κ3) is 4.27. The number of anilines is 1. The van der Waals surface area contributed by atoms with E-state index in [0.717, 1.165) is 42.5 Å². The lowest BCUT2D eigenvalue weighted by Crippen LogP contribution is -2.24. The molecule has 7 heteroatoms. The van der Waals surface area contributed by atoms with Gasteiger partial charge in [0.05, 0.1) is 17.8 Å². The molecule has 6 nitrogen and oxygen atoms in total. The summed E-state index contributed by atoms with van der Waals surface area (Å²) in [5.41, 5.74) is 1.63. The first-order valence-electron chi connectivity index (χ1n) is 7.89. The number of nitrogens with zero attached hydrogens (tertiary/aromatic N) is 2. The Morgan fingerprint density at radius 1 is 1.48 bits per heavy atom. The first-order chi connectivity index (χ1) is 11.2. The summed E-state index contributed by atoms with van der Waals surface area (Å²) in [6, 6.07) is 4.07. The van der Waals surface area contributed by atoms with Gasteiger partial charge < -0.3 is 16.0 Å². The Labute approximate surface area is 139 Å². The molecule has 1 atom stereocenters. The van der Waals surface area contributed by atoms with Crippen LogP contribution in [0.2, 0.25) is 0 Å². The summed E-state index contributed by atoms with van der Waals surface area (Å²) in [5, 5.41) is 12.5. The van der Waals surface area contributed by atoms with Gasteiger partial charge in [0.25, 0.3) is 5.91 Å². The molecule has 23 heavy (non-hydrogen) atoms. The van der Waals surface area contributed by atoms with Gasteiger partial charge in [-0.2, -0.15) is 0 Å². The zero-order valence-electron chi connectivity index (χ0n) is 13.1. The van der Waals surface area contributed by atoms with Crippen LogP contribution in [0, 0.1) is 0 Å². The van der Waals surface area contributed by atoms with Gasteiger partial charge in [-0.15, -0.1) is 11.3 Å². The molecule has 3 heterocycles. The molecule has 0 aliphatic carbocycles. The fourth-order valence-electron chi connectivity index (χ4n) is 2.45. The van der Waals surface area contributed by atoms with E-state index in [9.17, 15) is 4.79 Å². The highest BCUT2D eigenvalue weighted by Crippen LogP contribution is 2.12. The molecule has 2 aromatic rings. The van der Waals surface area contributed by atoms with Gasteiger partial charge in [-0.05, 0) is 31.5 Å². The molecule has 3 N–H and O–H groups in total. The number of carbonyl (C=O) groups is 1. The van der Waals surface area contributed by atoms with Gasteiger partial charge in [0.2, 0.25) is 0 Å². The summed E-state index contributed by atoms with van der Waals surface area (Å²) >= 11 is 1.57. The predicted octanol–water partition coefficient (Wildman–Crippen LogP) is 1.80. The zero-order chi connectivity index (χ0) is 16.1. The van der Waals surface area contributed by atoms with Crippen molar-refractivity contribution in [3.63, 3.8) is 0 Å². The van der Waals surface area contributed by atoms with Gasteiger partial charge in [-0.1, -0.05) is 6.92 Å². The number of hydrogen-bond acceptors (Lipinski definition) is 6. The number of hydrogen-bond donors (Lipinski definition) is 3. The van der Waals surface area contributed by atoms with Crippen molar-refractivity contribution in [3.05, 3.63) is 40.0 Å². The molecule has 0 saturated carbocycles. The second kappa shape index (κ2) is 7.52. The van der Waals surface area contributed by atoms with E-state index in [1.54, 1.807) is 23.6 Å². The van der Waals surface area contributed by atoms with Crippen LogP contribution < -0.4 is 16.0 Å². The van der Waals surface area contributed by atoms with E-state index in [-0.39, 0.29) is 5.91 Å². The summed E-state index contributed by atoms with van der Waals surface area (Å²) in [5.74, 6) is 0.683. The molecule has 0 radical (unpaired) electrons. The molecule has 3 rings (SSSR count). The van der Waals surface area contributed by atoms with Gasteiger partial charge in [-0.25, -0.2) is 9.97 Å². The van der Waals surface area contributed by atoms with Gasteiger partial charge >= 0.3 is 0 Å². The molecule has 0 spiro atoms. The molecule has 122 valence electrons. The van der Waals surface area contributed by atoms with Gasteiger partial charge in [0.1, 0.15) is 10.8 Å². The Morgan fingerprint density at radius 3 is 3.04 bits per heavy atom. The number of aryl methyl sites for hydroxylation is 1. The van der Waals surface area contributed by atoms with Crippen LogP contribution in [0.25, 0.3) is 0 Å². The van der Waals surface area contributed by atoms with E-state index < -0.39 is 0 Å². The highest BCUT2D eigenvalue weighted by Gasteiger charge is 2.14. The molecule has 1 unspecified atom stereocenters. The normalized spacial score (nSPS) is 17.2. The fraction of sp³-hybridized carbons (Fsp3) is 0.438. The number of nitrogens with one attached hydrogen (secondary N) is 3. The molecule has 2 aromatic heterocycles. The van der Waals surface area contributed by atoms with E-state index in [4.69, 9.17) is 0 Å². The second-order valence-electron chi connectivity index (χ2n) is 5.53. The molecule has 1 saturated heterocycles. The smallest absolute Gasteiger partial charge is 0.253 e. The third-order valence-corrected chi connectivity index (χ3v) is 4.70. The maximum absolute atomic E-state index is 12.1. The van der Waals surface area contributed by atoms with Crippen LogP contribution >= 0.6 is 11.3 Å². The number of amides is 1. The highest BCUT2D eigenvalue weighted by molar-refractivity contribution is 7.09. The van der Waals surface area contributed by atoms with Crippen LogP contribution in [0.1, 0.15) is 34.4 Å². The maximum Gasteiger partial charge on any atom is 0.253 e. The highest BCUT2D eigenvalue weighted by atomic mass is 32.1. The van der Waals surface area contributed by atoms with E-state index >= 15 is 0 Å². The minimum atomic E-state index is -0.125. The van der Waals surface area contributed by atoms with E-state index in [1.807, 2.05) is 11.4 Å². The van der Waals surface area contributed by atoms with E-state index in [1.165, 1.54) is 0 Å². The topological polar surface area (TPSA) is 78.9 Å². The largest absolute Gasteiger partial charge is 0.366 e. The minimum absolute atomic E-state index is 0.125. The zero-order valence-corrected chi connectivity index (χ0v) is 13.9. The van der Waals surface area contributed by atoms with Crippen molar-refractivity contribution in [3.8, 4) is 0 Å². The molecular weight excluding hydrogens is 310 g/mol. The summed E-state index contributed by atoms with van der Waals surface area (Å²) < 4.78 is 0. The standard InChI is InChI=1S/C16H21N5OS/c1-2-12-10-23-15(21-12)9-19-16(22)11-3-4-14(18-7-11)20-13-5-6-17-8-13/h3-4,7,10,13,17H,2,5-6,8-9H2,1H3,(H,18,20)(H,19,22). The summed E-state index contributed by atoms with van der Waals surface area (Å²) in [6.45, 7) is 4.52. The number of pyridine rings is 1. The van der Waals surface area contributed by atoms with Crippen molar-refractivity contribution in [2.75, 3.05) is 18.4 Å². The number of thiazole rings is 1. The van der Waals surface area contributed by atoms with Crippen LogP contribution in [0.5, 0.6) is 0 Å². The molecule has 1 aliphatic rings. The van der Waals surface area contributed by atoms with Crippen LogP contribution in [-0.2, 0) is 13.0 Å². The molecule has 0 aromatic carbocycles. The van der Waals surface area contributed by atoms with Crippen LogP contribution in [0.3, 0.4) is 0 Å². The molecule has 1 fully saturated rings. The average Bonchev–Trinajstić information content (AvgIpc) is 3.24.